The van der Waals surface area contributed by atoms with Crippen LogP contribution >= 0.6 is 11.3 Å². The second-order valence-corrected chi connectivity index (χ2v) is 5.72. The summed E-state index contributed by atoms with van der Waals surface area (Å²) < 4.78 is 0. The van der Waals surface area contributed by atoms with Crippen molar-refractivity contribution in [3.8, 4) is 0 Å². The van der Waals surface area contributed by atoms with E-state index in [1.165, 1.54) is 24.3 Å². The Morgan fingerprint density at radius 3 is 3.07 bits per heavy atom. The summed E-state index contributed by atoms with van der Waals surface area (Å²) >= 11 is 1.76. The second-order valence-electron chi connectivity index (χ2n) is 4.79. The zero-order valence-corrected chi connectivity index (χ0v) is 10.4. The molecule has 0 spiro atoms. The lowest BCUT2D eigenvalue weighted by Crippen LogP contribution is -2.29. The number of rotatable bonds is 4. The van der Waals surface area contributed by atoms with Crippen molar-refractivity contribution in [2.75, 3.05) is 6.54 Å². The number of thiazole rings is 1. The molecule has 0 radical (unpaired) electrons. The van der Waals surface area contributed by atoms with E-state index in [-0.39, 0.29) is 0 Å². The Bertz CT molecular complexity index is 284. The first-order valence-corrected chi connectivity index (χ1v) is 6.76. The third-order valence-electron chi connectivity index (χ3n) is 3.28. The van der Waals surface area contributed by atoms with Crippen molar-refractivity contribution in [1.29, 1.82) is 0 Å². The maximum Gasteiger partial charge on any atom is 0.0965 e. The van der Waals surface area contributed by atoms with Gasteiger partial charge in [0.25, 0.3) is 0 Å². The van der Waals surface area contributed by atoms with E-state index in [4.69, 9.17) is 0 Å². The van der Waals surface area contributed by atoms with Crippen LogP contribution < -0.4 is 5.32 Å². The van der Waals surface area contributed by atoms with Crippen LogP contribution in [0.25, 0.3) is 0 Å². The van der Waals surface area contributed by atoms with Crippen molar-refractivity contribution in [2.24, 2.45) is 5.92 Å². The maximum absolute atomic E-state index is 4.35. The van der Waals surface area contributed by atoms with Crippen LogP contribution in [0.2, 0.25) is 0 Å². The summed E-state index contributed by atoms with van der Waals surface area (Å²) in [6, 6.07) is 0.752. The first-order valence-electron chi connectivity index (χ1n) is 5.88. The summed E-state index contributed by atoms with van der Waals surface area (Å²) in [5.41, 5.74) is 0. The largest absolute Gasteiger partial charge is 0.313 e. The summed E-state index contributed by atoms with van der Waals surface area (Å²) in [6.45, 7) is 5.68. The van der Waals surface area contributed by atoms with Crippen molar-refractivity contribution < 1.29 is 0 Å². The predicted octanol–water partition coefficient (Wildman–Crippen LogP) is 3.02. The molecule has 84 valence electrons. The molecule has 1 aliphatic carbocycles. The summed E-state index contributed by atoms with van der Waals surface area (Å²) in [5, 5.41) is 6.98. The molecule has 0 amide bonds. The molecule has 3 heteroatoms. The van der Waals surface area contributed by atoms with Gasteiger partial charge < -0.3 is 5.32 Å². The number of nitrogens with zero attached hydrogens (tertiary/aromatic N) is 1. The zero-order valence-electron chi connectivity index (χ0n) is 9.57. The van der Waals surface area contributed by atoms with Gasteiger partial charge in [-0.05, 0) is 25.2 Å². The Labute approximate surface area is 96.1 Å². The molecular formula is C12H20N2S. The molecule has 1 aliphatic rings. The van der Waals surface area contributed by atoms with E-state index in [9.17, 15) is 0 Å². The lowest BCUT2D eigenvalue weighted by molar-refractivity contribution is 0.483. The summed E-state index contributed by atoms with van der Waals surface area (Å²) in [6.07, 6.45) is 5.99. The van der Waals surface area contributed by atoms with E-state index in [2.05, 4.69) is 29.5 Å². The van der Waals surface area contributed by atoms with Crippen LogP contribution in [0.4, 0.5) is 0 Å². The molecule has 1 fully saturated rings. The molecule has 1 aromatic heterocycles. The summed E-state index contributed by atoms with van der Waals surface area (Å²) in [4.78, 5) is 4.35. The number of aromatic nitrogens is 1. The highest BCUT2D eigenvalue weighted by atomic mass is 32.1. The standard InChI is InChI=1S/C12H20N2S/c1-9-3-4-11(7-9)14-8-10(2)12-13-5-6-15-12/h5-6,9-11,14H,3-4,7-8H2,1-2H3. The van der Waals surface area contributed by atoms with Crippen molar-refractivity contribution in [1.82, 2.24) is 10.3 Å². The quantitative estimate of drug-likeness (QED) is 0.850. The average molecular weight is 224 g/mol. The van der Waals surface area contributed by atoms with Gasteiger partial charge in [-0.25, -0.2) is 4.98 Å². The molecule has 0 aromatic carbocycles. The van der Waals surface area contributed by atoms with Crippen LogP contribution in [0.5, 0.6) is 0 Å². The van der Waals surface area contributed by atoms with Crippen LogP contribution in [-0.4, -0.2) is 17.6 Å². The van der Waals surface area contributed by atoms with Crippen molar-refractivity contribution in [3.63, 3.8) is 0 Å². The Kier molecular flexibility index (Phi) is 3.76. The molecule has 0 aliphatic heterocycles. The lowest BCUT2D eigenvalue weighted by Gasteiger charge is -2.15. The smallest absolute Gasteiger partial charge is 0.0965 e. The first-order chi connectivity index (χ1) is 7.25. The van der Waals surface area contributed by atoms with E-state index in [1.807, 2.05) is 6.20 Å². The zero-order chi connectivity index (χ0) is 10.7. The Balaban J connectivity index is 1.74. The molecule has 1 heterocycles. The van der Waals surface area contributed by atoms with Crippen LogP contribution in [0.3, 0.4) is 0 Å². The normalized spacial score (nSPS) is 28.1. The molecule has 3 unspecified atom stereocenters. The van der Waals surface area contributed by atoms with Gasteiger partial charge in [0, 0.05) is 30.1 Å². The Morgan fingerprint density at radius 1 is 1.60 bits per heavy atom. The minimum Gasteiger partial charge on any atom is -0.313 e. The van der Waals surface area contributed by atoms with E-state index in [1.54, 1.807) is 11.3 Å². The van der Waals surface area contributed by atoms with Gasteiger partial charge in [0.05, 0.1) is 5.01 Å². The SMILES string of the molecule is CC1CCC(NCC(C)c2nccs2)C1. The van der Waals surface area contributed by atoms with Crippen LogP contribution in [0, 0.1) is 5.92 Å². The summed E-state index contributed by atoms with van der Waals surface area (Å²) in [7, 11) is 0. The minimum absolute atomic E-state index is 0.556. The first kappa shape index (κ1) is 11.1. The highest BCUT2D eigenvalue weighted by molar-refractivity contribution is 7.09. The van der Waals surface area contributed by atoms with E-state index in [0.29, 0.717) is 5.92 Å². The Morgan fingerprint density at radius 2 is 2.47 bits per heavy atom. The fourth-order valence-corrected chi connectivity index (χ4v) is 3.00. The van der Waals surface area contributed by atoms with Crippen molar-refractivity contribution in [2.45, 2.75) is 45.1 Å². The summed E-state index contributed by atoms with van der Waals surface area (Å²) in [5.74, 6) is 1.47. The van der Waals surface area contributed by atoms with E-state index >= 15 is 0 Å². The van der Waals surface area contributed by atoms with E-state index in [0.717, 1.165) is 18.5 Å². The molecule has 1 N–H and O–H groups in total. The van der Waals surface area contributed by atoms with Gasteiger partial charge in [0.1, 0.15) is 0 Å². The molecule has 1 saturated carbocycles. The Hall–Kier alpha value is -0.410. The fourth-order valence-electron chi connectivity index (χ4n) is 2.30. The molecule has 0 saturated heterocycles. The number of hydrogen-bond acceptors (Lipinski definition) is 3. The van der Waals surface area contributed by atoms with Crippen molar-refractivity contribution >= 4 is 11.3 Å². The topological polar surface area (TPSA) is 24.9 Å². The second kappa shape index (κ2) is 5.08. The van der Waals surface area contributed by atoms with Gasteiger partial charge in [0.15, 0.2) is 0 Å². The molecular weight excluding hydrogens is 204 g/mol. The van der Waals surface area contributed by atoms with Crippen LogP contribution in [0.1, 0.15) is 44.0 Å². The van der Waals surface area contributed by atoms with E-state index < -0.39 is 0 Å². The number of nitrogens with one attached hydrogen (secondary N) is 1. The highest BCUT2D eigenvalue weighted by Crippen LogP contribution is 2.25. The van der Waals surface area contributed by atoms with Gasteiger partial charge in [-0.3, -0.25) is 0 Å². The molecule has 2 nitrogen and oxygen atoms in total. The van der Waals surface area contributed by atoms with Gasteiger partial charge in [-0.15, -0.1) is 11.3 Å². The predicted molar refractivity (Wildman–Crippen MR) is 65.3 cm³/mol. The van der Waals surface area contributed by atoms with Crippen molar-refractivity contribution in [3.05, 3.63) is 16.6 Å². The molecule has 0 bridgehead atoms. The maximum atomic E-state index is 4.35. The molecule has 15 heavy (non-hydrogen) atoms. The third kappa shape index (κ3) is 3.02. The van der Waals surface area contributed by atoms with Crippen LogP contribution in [0.15, 0.2) is 11.6 Å². The number of hydrogen-bond donors (Lipinski definition) is 1. The van der Waals surface area contributed by atoms with Gasteiger partial charge >= 0.3 is 0 Å². The monoisotopic (exact) mass is 224 g/mol. The highest BCUT2D eigenvalue weighted by Gasteiger charge is 2.21. The molecule has 1 aromatic rings. The molecule has 2 rings (SSSR count). The fraction of sp³-hybridized carbons (Fsp3) is 0.750. The minimum atomic E-state index is 0.556. The lowest BCUT2D eigenvalue weighted by atomic mass is 10.1. The third-order valence-corrected chi connectivity index (χ3v) is 4.29. The van der Waals surface area contributed by atoms with Gasteiger partial charge in [-0.1, -0.05) is 13.8 Å². The van der Waals surface area contributed by atoms with Gasteiger partial charge in [-0.2, -0.15) is 0 Å². The average Bonchev–Trinajstić information content (AvgIpc) is 2.84. The molecule has 3 atom stereocenters. The van der Waals surface area contributed by atoms with Crippen LogP contribution in [-0.2, 0) is 0 Å². The van der Waals surface area contributed by atoms with Gasteiger partial charge in [0.2, 0.25) is 0 Å².